The van der Waals surface area contributed by atoms with E-state index in [0.29, 0.717) is 12.5 Å². The maximum absolute atomic E-state index is 9.01. The van der Waals surface area contributed by atoms with Gasteiger partial charge in [-0.2, -0.15) is 0 Å². The Hall–Kier alpha value is -0.380. The topological polar surface area (TPSA) is 23.5 Å². The number of nitrogens with zero attached hydrogens (tertiary/aromatic N) is 1. The molecule has 2 nitrogen and oxygen atoms in total. The summed E-state index contributed by atoms with van der Waals surface area (Å²) in [6.07, 6.45) is 3.48. The summed E-state index contributed by atoms with van der Waals surface area (Å²) in [7, 11) is 0. The molecule has 0 aromatic heterocycles. The SMILES string of the molecule is OCCC1CCCN(Cc2ccccc2Br)C1. The van der Waals surface area contributed by atoms with Crippen LogP contribution in [-0.4, -0.2) is 29.7 Å². The fourth-order valence-electron chi connectivity index (χ4n) is 2.58. The third-order valence-corrected chi connectivity index (χ3v) is 4.27. The van der Waals surface area contributed by atoms with Gasteiger partial charge in [0.15, 0.2) is 0 Å². The Bertz CT molecular complexity index is 354. The number of halogens is 1. The summed E-state index contributed by atoms with van der Waals surface area (Å²) in [6.45, 7) is 3.65. The van der Waals surface area contributed by atoms with Gasteiger partial charge in [-0.1, -0.05) is 34.1 Å². The molecule has 0 bridgehead atoms. The van der Waals surface area contributed by atoms with Crippen molar-refractivity contribution < 1.29 is 5.11 Å². The first-order valence-electron chi connectivity index (χ1n) is 6.36. The Kier molecular flexibility index (Phi) is 5.01. The minimum atomic E-state index is 0.327. The standard InChI is InChI=1S/C14H20BrNO/c15-14-6-2-1-5-13(14)11-16-8-3-4-12(10-16)7-9-17/h1-2,5-6,12,17H,3-4,7-11H2. The van der Waals surface area contributed by atoms with Crippen LogP contribution in [0.1, 0.15) is 24.8 Å². The van der Waals surface area contributed by atoms with Crippen LogP contribution in [-0.2, 0) is 6.54 Å². The van der Waals surface area contributed by atoms with Crippen LogP contribution in [0.3, 0.4) is 0 Å². The van der Waals surface area contributed by atoms with Crippen LogP contribution < -0.4 is 0 Å². The molecule has 1 heterocycles. The maximum Gasteiger partial charge on any atom is 0.0434 e. The molecule has 1 aliphatic heterocycles. The molecule has 1 aliphatic rings. The van der Waals surface area contributed by atoms with Gasteiger partial charge in [-0.05, 0) is 43.4 Å². The quantitative estimate of drug-likeness (QED) is 0.923. The molecule has 1 N–H and O–H groups in total. The molecule has 1 fully saturated rings. The molecule has 0 saturated carbocycles. The van der Waals surface area contributed by atoms with E-state index in [1.165, 1.54) is 29.4 Å². The number of rotatable bonds is 4. The summed E-state index contributed by atoms with van der Waals surface area (Å²) in [6, 6.07) is 8.43. The van der Waals surface area contributed by atoms with Gasteiger partial charge in [0, 0.05) is 24.2 Å². The van der Waals surface area contributed by atoms with E-state index in [1.807, 2.05) is 0 Å². The van der Waals surface area contributed by atoms with Crippen molar-refractivity contribution in [2.75, 3.05) is 19.7 Å². The van der Waals surface area contributed by atoms with E-state index in [2.05, 4.69) is 45.1 Å². The first-order chi connectivity index (χ1) is 8.29. The van der Waals surface area contributed by atoms with Crippen LogP contribution in [0.15, 0.2) is 28.7 Å². The van der Waals surface area contributed by atoms with Gasteiger partial charge in [-0.3, -0.25) is 4.90 Å². The van der Waals surface area contributed by atoms with Crippen molar-refractivity contribution in [2.24, 2.45) is 5.92 Å². The molecule has 1 unspecified atom stereocenters. The van der Waals surface area contributed by atoms with E-state index < -0.39 is 0 Å². The molecule has 94 valence electrons. The Balaban J connectivity index is 1.92. The molecule has 1 saturated heterocycles. The molecule has 17 heavy (non-hydrogen) atoms. The largest absolute Gasteiger partial charge is 0.396 e. The van der Waals surface area contributed by atoms with Crippen LogP contribution in [0.5, 0.6) is 0 Å². The number of benzene rings is 1. The zero-order chi connectivity index (χ0) is 12.1. The molecule has 1 aromatic carbocycles. The van der Waals surface area contributed by atoms with E-state index in [1.54, 1.807) is 0 Å². The van der Waals surface area contributed by atoms with Crippen molar-refractivity contribution in [1.29, 1.82) is 0 Å². The van der Waals surface area contributed by atoms with Crippen LogP contribution in [0.2, 0.25) is 0 Å². The number of piperidine rings is 1. The second-order valence-electron chi connectivity index (χ2n) is 4.85. The molecule has 2 rings (SSSR count). The zero-order valence-electron chi connectivity index (χ0n) is 10.1. The van der Waals surface area contributed by atoms with Gasteiger partial charge in [0.1, 0.15) is 0 Å². The van der Waals surface area contributed by atoms with E-state index in [-0.39, 0.29) is 0 Å². The summed E-state index contributed by atoms with van der Waals surface area (Å²) in [5.74, 6) is 0.677. The number of likely N-dealkylation sites (tertiary alicyclic amines) is 1. The Morgan fingerprint density at radius 3 is 2.94 bits per heavy atom. The Morgan fingerprint density at radius 1 is 1.35 bits per heavy atom. The minimum absolute atomic E-state index is 0.327. The smallest absolute Gasteiger partial charge is 0.0434 e. The lowest BCUT2D eigenvalue weighted by atomic mass is 9.95. The van der Waals surface area contributed by atoms with Crippen molar-refractivity contribution in [3.63, 3.8) is 0 Å². The number of hydrogen-bond acceptors (Lipinski definition) is 2. The first kappa shape index (κ1) is 13.1. The average Bonchev–Trinajstić information content (AvgIpc) is 2.33. The van der Waals surface area contributed by atoms with Gasteiger partial charge in [-0.25, -0.2) is 0 Å². The molecule has 0 aliphatic carbocycles. The number of hydrogen-bond donors (Lipinski definition) is 1. The zero-order valence-corrected chi connectivity index (χ0v) is 11.7. The highest BCUT2D eigenvalue weighted by Gasteiger charge is 2.19. The third-order valence-electron chi connectivity index (χ3n) is 3.49. The lowest BCUT2D eigenvalue weighted by Gasteiger charge is -2.32. The van der Waals surface area contributed by atoms with Crippen molar-refractivity contribution in [3.8, 4) is 0 Å². The third kappa shape index (κ3) is 3.80. The summed E-state index contributed by atoms with van der Waals surface area (Å²) in [4.78, 5) is 2.50. The van der Waals surface area contributed by atoms with Crippen molar-refractivity contribution in [2.45, 2.75) is 25.8 Å². The Labute approximate surface area is 112 Å². The fraction of sp³-hybridized carbons (Fsp3) is 0.571. The average molecular weight is 298 g/mol. The van der Waals surface area contributed by atoms with E-state index in [0.717, 1.165) is 19.5 Å². The monoisotopic (exact) mass is 297 g/mol. The molecule has 0 spiro atoms. The summed E-state index contributed by atoms with van der Waals surface area (Å²) >= 11 is 3.60. The normalized spacial score (nSPS) is 21.6. The molecular formula is C14H20BrNO. The van der Waals surface area contributed by atoms with Gasteiger partial charge in [0.25, 0.3) is 0 Å². The maximum atomic E-state index is 9.01. The first-order valence-corrected chi connectivity index (χ1v) is 7.15. The fourth-order valence-corrected chi connectivity index (χ4v) is 2.99. The highest BCUT2D eigenvalue weighted by molar-refractivity contribution is 9.10. The lowest BCUT2D eigenvalue weighted by Crippen LogP contribution is -2.35. The van der Waals surface area contributed by atoms with E-state index in [9.17, 15) is 0 Å². The second kappa shape index (κ2) is 6.53. The van der Waals surface area contributed by atoms with Gasteiger partial charge in [-0.15, -0.1) is 0 Å². The van der Waals surface area contributed by atoms with Crippen LogP contribution in [0.25, 0.3) is 0 Å². The predicted molar refractivity (Wildman–Crippen MR) is 73.8 cm³/mol. The van der Waals surface area contributed by atoms with E-state index >= 15 is 0 Å². The molecule has 0 amide bonds. The summed E-state index contributed by atoms with van der Waals surface area (Å²) < 4.78 is 1.20. The molecule has 0 radical (unpaired) electrons. The highest BCUT2D eigenvalue weighted by Crippen LogP contribution is 2.23. The molecule has 1 atom stereocenters. The number of aliphatic hydroxyl groups is 1. The Morgan fingerprint density at radius 2 is 2.18 bits per heavy atom. The summed E-state index contributed by atoms with van der Waals surface area (Å²) in [5, 5.41) is 9.01. The lowest BCUT2D eigenvalue weighted by molar-refractivity contribution is 0.142. The van der Waals surface area contributed by atoms with E-state index in [4.69, 9.17) is 5.11 Å². The van der Waals surface area contributed by atoms with Gasteiger partial charge in [0.05, 0.1) is 0 Å². The highest BCUT2D eigenvalue weighted by atomic mass is 79.9. The van der Waals surface area contributed by atoms with Crippen LogP contribution >= 0.6 is 15.9 Å². The molecule has 3 heteroatoms. The van der Waals surface area contributed by atoms with Crippen molar-refractivity contribution in [3.05, 3.63) is 34.3 Å². The predicted octanol–water partition coefficient (Wildman–Crippen LogP) is 3.04. The number of aliphatic hydroxyl groups excluding tert-OH is 1. The van der Waals surface area contributed by atoms with Gasteiger partial charge in [0.2, 0.25) is 0 Å². The van der Waals surface area contributed by atoms with Gasteiger partial charge >= 0.3 is 0 Å². The second-order valence-corrected chi connectivity index (χ2v) is 5.70. The minimum Gasteiger partial charge on any atom is -0.396 e. The van der Waals surface area contributed by atoms with Gasteiger partial charge < -0.3 is 5.11 Å². The molecule has 1 aromatic rings. The summed E-state index contributed by atoms with van der Waals surface area (Å²) in [5.41, 5.74) is 1.36. The van der Waals surface area contributed by atoms with Crippen molar-refractivity contribution in [1.82, 2.24) is 4.90 Å². The van der Waals surface area contributed by atoms with Crippen LogP contribution in [0.4, 0.5) is 0 Å². The molecular weight excluding hydrogens is 278 g/mol. The van der Waals surface area contributed by atoms with Crippen LogP contribution in [0, 0.1) is 5.92 Å². The van der Waals surface area contributed by atoms with Crippen molar-refractivity contribution >= 4 is 15.9 Å².